The van der Waals surface area contributed by atoms with Crippen LogP contribution in [-0.4, -0.2) is 21.9 Å². The number of hydrogen-bond acceptors (Lipinski definition) is 3. The molecule has 0 amide bonds. The van der Waals surface area contributed by atoms with E-state index in [2.05, 4.69) is 31.0 Å². The number of ether oxygens (including phenoxy) is 1. The van der Waals surface area contributed by atoms with Gasteiger partial charge in [-0.1, -0.05) is 5.10 Å². The molecule has 0 radical (unpaired) electrons. The number of nitrogens with zero attached hydrogens (tertiary/aromatic N) is 3. The molecule has 0 bridgehead atoms. The molecule has 0 saturated carbocycles. The summed E-state index contributed by atoms with van der Waals surface area (Å²) in [5.74, 6) is 0. The Morgan fingerprint density at radius 3 is 2.45 bits per heavy atom. The van der Waals surface area contributed by atoms with E-state index in [1.54, 1.807) is 13.4 Å². The van der Waals surface area contributed by atoms with E-state index in [0.717, 1.165) is 0 Å². The monoisotopic (exact) mass is 155 g/mol. The van der Waals surface area contributed by atoms with Gasteiger partial charge in [-0.3, -0.25) is 4.57 Å². The highest BCUT2D eigenvalue weighted by Gasteiger charge is 2.17. The summed E-state index contributed by atoms with van der Waals surface area (Å²) in [4.78, 5) is 0. The van der Waals surface area contributed by atoms with Crippen LogP contribution in [0.15, 0.2) is 6.33 Å². The Morgan fingerprint density at radius 2 is 2.09 bits per heavy atom. The molecule has 0 N–H and O–H groups in total. The zero-order chi connectivity index (χ0) is 8.48. The summed E-state index contributed by atoms with van der Waals surface area (Å²) in [5.41, 5.74) is -0.0190. The summed E-state index contributed by atoms with van der Waals surface area (Å²) >= 11 is 0. The molecule has 4 heteroatoms. The Hall–Kier alpha value is -1.06. The second-order valence-corrected chi connectivity index (χ2v) is 3.36. The molecule has 0 saturated heterocycles. The molecule has 0 atom stereocenters. The first kappa shape index (κ1) is 8.04. The Labute approximate surface area is 66.2 Å². The zero-order valence-electron chi connectivity index (χ0n) is 7.33. The lowest BCUT2D eigenvalue weighted by Gasteiger charge is -2.20. The Bertz CT molecular complexity index is 236. The van der Waals surface area contributed by atoms with E-state index in [4.69, 9.17) is 4.74 Å². The van der Waals surface area contributed by atoms with Crippen LogP contribution in [0.25, 0.3) is 0 Å². The standard InChI is InChI=1S/C7H13N3O/c1-7(2,3)10-5-8-9-6(10)11-4/h5H,1-4H3. The molecular weight excluding hydrogens is 142 g/mol. The van der Waals surface area contributed by atoms with E-state index in [-0.39, 0.29) is 5.54 Å². The van der Waals surface area contributed by atoms with Crippen LogP contribution in [0.2, 0.25) is 0 Å². The maximum atomic E-state index is 5.00. The van der Waals surface area contributed by atoms with Crippen LogP contribution in [0.1, 0.15) is 20.8 Å². The normalized spacial score (nSPS) is 11.6. The fraction of sp³-hybridized carbons (Fsp3) is 0.714. The van der Waals surface area contributed by atoms with Gasteiger partial charge in [-0.15, -0.1) is 5.10 Å². The van der Waals surface area contributed by atoms with Gasteiger partial charge in [0.1, 0.15) is 6.33 Å². The molecule has 0 aliphatic heterocycles. The second-order valence-electron chi connectivity index (χ2n) is 3.36. The number of methoxy groups -OCH3 is 1. The van der Waals surface area contributed by atoms with Crippen molar-refractivity contribution in [1.29, 1.82) is 0 Å². The lowest BCUT2D eigenvalue weighted by atomic mass is 10.1. The van der Waals surface area contributed by atoms with Crippen LogP contribution in [-0.2, 0) is 5.54 Å². The first-order valence-electron chi connectivity index (χ1n) is 3.50. The average molecular weight is 155 g/mol. The SMILES string of the molecule is COc1nncn1C(C)(C)C. The van der Waals surface area contributed by atoms with E-state index < -0.39 is 0 Å². The van der Waals surface area contributed by atoms with Gasteiger partial charge in [0, 0.05) is 5.54 Å². The van der Waals surface area contributed by atoms with E-state index in [1.165, 1.54) is 0 Å². The zero-order valence-corrected chi connectivity index (χ0v) is 7.33. The molecule has 0 aromatic carbocycles. The van der Waals surface area contributed by atoms with Crippen molar-refractivity contribution in [3.63, 3.8) is 0 Å². The van der Waals surface area contributed by atoms with Crippen LogP contribution >= 0.6 is 0 Å². The van der Waals surface area contributed by atoms with Crippen LogP contribution < -0.4 is 4.74 Å². The summed E-state index contributed by atoms with van der Waals surface area (Å²) in [6.45, 7) is 6.20. The van der Waals surface area contributed by atoms with Gasteiger partial charge in [0.15, 0.2) is 0 Å². The van der Waals surface area contributed by atoms with E-state index in [0.29, 0.717) is 6.01 Å². The first-order valence-corrected chi connectivity index (χ1v) is 3.50. The molecule has 4 nitrogen and oxygen atoms in total. The highest BCUT2D eigenvalue weighted by molar-refractivity contribution is 4.96. The van der Waals surface area contributed by atoms with E-state index in [9.17, 15) is 0 Å². The molecule has 0 fully saturated rings. The van der Waals surface area contributed by atoms with Crippen molar-refractivity contribution < 1.29 is 4.74 Å². The van der Waals surface area contributed by atoms with Crippen LogP contribution in [0.5, 0.6) is 6.01 Å². The van der Waals surface area contributed by atoms with Gasteiger partial charge < -0.3 is 4.74 Å². The molecule has 1 rings (SSSR count). The Balaban J connectivity index is 3.02. The minimum atomic E-state index is -0.0190. The minimum Gasteiger partial charge on any atom is -0.467 e. The molecular formula is C7H13N3O. The topological polar surface area (TPSA) is 39.9 Å². The van der Waals surface area contributed by atoms with E-state index in [1.807, 2.05) is 4.57 Å². The molecule has 1 aromatic rings. The average Bonchev–Trinajstić information content (AvgIpc) is 2.31. The van der Waals surface area contributed by atoms with Gasteiger partial charge in [0.25, 0.3) is 0 Å². The molecule has 11 heavy (non-hydrogen) atoms. The number of hydrogen-bond donors (Lipinski definition) is 0. The fourth-order valence-electron chi connectivity index (χ4n) is 0.824. The van der Waals surface area contributed by atoms with Crippen molar-refractivity contribution in [2.75, 3.05) is 7.11 Å². The maximum Gasteiger partial charge on any atom is 0.316 e. The van der Waals surface area contributed by atoms with Crippen LogP contribution in [0.3, 0.4) is 0 Å². The molecule has 0 aliphatic rings. The Kier molecular flexibility index (Phi) is 1.85. The number of aromatic nitrogens is 3. The summed E-state index contributed by atoms with van der Waals surface area (Å²) in [7, 11) is 1.59. The smallest absolute Gasteiger partial charge is 0.316 e. The molecule has 1 aromatic heterocycles. The summed E-state index contributed by atoms with van der Waals surface area (Å²) < 4.78 is 6.88. The minimum absolute atomic E-state index is 0.0190. The van der Waals surface area contributed by atoms with Gasteiger partial charge in [-0.2, -0.15) is 0 Å². The fourth-order valence-corrected chi connectivity index (χ4v) is 0.824. The predicted molar refractivity (Wildman–Crippen MR) is 41.6 cm³/mol. The van der Waals surface area contributed by atoms with Crippen LogP contribution in [0, 0.1) is 0 Å². The van der Waals surface area contributed by atoms with Crippen molar-refractivity contribution in [3.8, 4) is 6.01 Å². The van der Waals surface area contributed by atoms with Gasteiger partial charge in [-0.05, 0) is 20.8 Å². The summed E-state index contributed by atoms with van der Waals surface area (Å²) in [6, 6.07) is 0.553. The predicted octanol–water partition coefficient (Wildman–Crippen LogP) is 1.04. The second kappa shape index (κ2) is 2.53. The van der Waals surface area contributed by atoms with Gasteiger partial charge in [0.2, 0.25) is 0 Å². The van der Waals surface area contributed by atoms with Crippen LogP contribution in [0.4, 0.5) is 0 Å². The van der Waals surface area contributed by atoms with Crippen molar-refractivity contribution in [2.24, 2.45) is 0 Å². The third-order valence-electron chi connectivity index (χ3n) is 1.42. The highest BCUT2D eigenvalue weighted by atomic mass is 16.5. The quantitative estimate of drug-likeness (QED) is 0.608. The Morgan fingerprint density at radius 1 is 1.45 bits per heavy atom. The first-order chi connectivity index (χ1) is 5.05. The van der Waals surface area contributed by atoms with Crippen molar-refractivity contribution >= 4 is 0 Å². The molecule has 0 spiro atoms. The molecule has 0 unspecified atom stereocenters. The van der Waals surface area contributed by atoms with Gasteiger partial charge >= 0.3 is 6.01 Å². The summed E-state index contributed by atoms with van der Waals surface area (Å²) in [5, 5.41) is 7.54. The summed E-state index contributed by atoms with van der Waals surface area (Å²) in [6.07, 6.45) is 1.67. The van der Waals surface area contributed by atoms with Gasteiger partial charge in [-0.25, -0.2) is 0 Å². The van der Waals surface area contributed by atoms with Gasteiger partial charge in [0.05, 0.1) is 7.11 Å². The third-order valence-corrected chi connectivity index (χ3v) is 1.42. The lowest BCUT2D eigenvalue weighted by Crippen LogP contribution is -2.21. The molecule has 1 heterocycles. The highest BCUT2D eigenvalue weighted by Crippen LogP contribution is 2.18. The van der Waals surface area contributed by atoms with E-state index >= 15 is 0 Å². The van der Waals surface area contributed by atoms with Crippen molar-refractivity contribution in [2.45, 2.75) is 26.3 Å². The largest absolute Gasteiger partial charge is 0.467 e. The molecule has 0 aliphatic carbocycles. The molecule has 62 valence electrons. The lowest BCUT2D eigenvalue weighted by molar-refractivity contribution is 0.298. The third kappa shape index (κ3) is 1.50. The van der Waals surface area contributed by atoms with Crippen molar-refractivity contribution in [3.05, 3.63) is 6.33 Å². The maximum absolute atomic E-state index is 5.00. The number of rotatable bonds is 1. The van der Waals surface area contributed by atoms with Crippen molar-refractivity contribution in [1.82, 2.24) is 14.8 Å².